The highest BCUT2D eigenvalue weighted by molar-refractivity contribution is 7.89. The van der Waals surface area contributed by atoms with Gasteiger partial charge in [-0.15, -0.1) is 0 Å². The molecule has 1 heterocycles. The maximum absolute atomic E-state index is 12.8. The summed E-state index contributed by atoms with van der Waals surface area (Å²) in [6, 6.07) is 12.3. The number of carbonyl (C=O) groups excluding carboxylic acids is 1. The molecule has 1 saturated heterocycles. The van der Waals surface area contributed by atoms with Crippen LogP contribution in [0.25, 0.3) is 0 Å². The molecule has 2 aromatic carbocycles. The summed E-state index contributed by atoms with van der Waals surface area (Å²) in [4.78, 5) is 14.6. The maximum atomic E-state index is 12.8. The molecule has 2 aromatic rings. The highest BCUT2D eigenvalue weighted by Crippen LogP contribution is 2.25. The fourth-order valence-corrected chi connectivity index (χ4v) is 4.84. The van der Waals surface area contributed by atoms with Gasteiger partial charge in [-0.05, 0) is 75.4 Å². The minimum Gasteiger partial charge on any atom is -0.496 e. The summed E-state index contributed by atoms with van der Waals surface area (Å²) in [5.41, 5.74) is 1.37. The number of aryl methyl sites for hydroxylation is 1. The third kappa shape index (κ3) is 6.23. The van der Waals surface area contributed by atoms with Crippen LogP contribution < -0.4 is 14.2 Å². The number of nitrogens with one attached hydrogen (secondary N) is 1. The van der Waals surface area contributed by atoms with Gasteiger partial charge >= 0.3 is 0 Å². The fraction of sp³-hybridized carbons (Fsp3) is 0.458. The van der Waals surface area contributed by atoms with Crippen molar-refractivity contribution in [3.63, 3.8) is 0 Å². The van der Waals surface area contributed by atoms with Crippen molar-refractivity contribution in [2.75, 3.05) is 26.7 Å². The molecule has 0 bridgehead atoms. The van der Waals surface area contributed by atoms with Crippen molar-refractivity contribution < 1.29 is 22.7 Å². The summed E-state index contributed by atoms with van der Waals surface area (Å²) in [6.45, 7) is 5.61. The van der Waals surface area contributed by atoms with E-state index in [0.29, 0.717) is 31.8 Å². The summed E-state index contributed by atoms with van der Waals surface area (Å²) in [6.07, 6.45) is 3.38. The van der Waals surface area contributed by atoms with Gasteiger partial charge in [0.1, 0.15) is 11.5 Å². The number of likely N-dealkylation sites (tertiary alicyclic amines) is 1. The van der Waals surface area contributed by atoms with Crippen molar-refractivity contribution in [1.29, 1.82) is 0 Å². The van der Waals surface area contributed by atoms with Crippen molar-refractivity contribution >= 4 is 15.9 Å². The number of amides is 1. The van der Waals surface area contributed by atoms with Crippen LogP contribution in [0, 0.1) is 0 Å². The van der Waals surface area contributed by atoms with Gasteiger partial charge in [0.15, 0.2) is 0 Å². The molecule has 0 radical (unpaired) electrons. The van der Waals surface area contributed by atoms with Gasteiger partial charge in [0.25, 0.3) is 5.91 Å². The quantitative estimate of drug-likeness (QED) is 0.548. The number of benzene rings is 2. The molecule has 0 aromatic heterocycles. The molecule has 1 aliphatic heterocycles. The van der Waals surface area contributed by atoms with E-state index in [1.165, 1.54) is 25.3 Å². The Morgan fingerprint density at radius 1 is 1.12 bits per heavy atom. The van der Waals surface area contributed by atoms with Crippen LogP contribution in [0.3, 0.4) is 0 Å². The van der Waals surface area contributed by atoms with Gasteiger partial charge in [0.05, 0.1) is 23.7 Å². The largest absolute Gasteiger partial charge is 0.496 e. The number of rotatable bonds is 10. The molecule has 8 heteroatoms. The summed E-state index contributed by atoms with van der Waals surface area (Å²) in [5.74, 6) is 0.996. The van der Waals surface area contributed by atoms with Crippen LogP contribution in [0.1, 0.15) is 49.0 Å². The van der Waals surface area contributed by atoms with E-state index in [4.69, 9.17) is 9.47 Å². The van der Waals surface area contributed by atoms with E-state index in [2.05, 4.69) is 4.72 Å². The molecule has 0 spiro atoms. The van der Waals surface area contributed by atoms with Crippen LogP contribution in [-0.4, -0.2) is 52.1 Å². The van der Waals surface area contributed by atoms with Gasteiger partial charge in [-0.1, -0.05) is 12.1 Å². The standard InChI is InChI=1S/C24H32N2O5S/c1-18(2)31-20-10-6-8-19(16-20)9-7-13-25-32(28,29)21-11-12-23(30-3)22(17-21)24(27)26-14-4-5-15-26/h6,8,10-12,16-18,25H,4-5,7,9,13-15H2,1-3H3. The van der Waals surface area contributed by atoms with Crippen LogP contribution in [0.15, 0.2) is 47.4 Å². The predicted molar refractivity (Wildman–Crippen MR) is 124 cm³/mol. The lowest BCUT2D eigenvalue weighted by Gasteiger charge is -2.18. The first-order valence-electron chi connectivity index (χ1n) is 11.0. The lowest BCUT2D eigenvalue weighted by Crippen LogP contribution is -2.29. The average Bonchev–Trinajstić information content (AvgIpc) is 3.30. The normalized spacial score (nSPS) is 14.1. The molecule has 0 aliphatic carbocycles. The van der Waals surface area contributed by atoms with Crippen molar-refractivity contribution in [2.24, 2.45) is 0 Å². The molecule has 0 saturated carbocycles. The molecule has 174 valence electrons. The van der Waals surface area contributed by atoms with Crippen molar-refractivity contribution in [1.82, 2.24) is 9.62 Å². The molecule has 32 heavy (non-hydrogen) atoms. The first-order valence-corrected chi connectivity index (χ1v) is 12.5. The predicted octanol–water partition coefficient (Wildman–Crippen LogP) is 3.63. The molecule has 1 aliphatic rings. The van der Waals surface area contributed by atoms with E-state index in [-0.39, 0.29) is 22.5 Å². The molecule has 1 fully saturated rings. The van der Waals surface area contributed by atoms with Gasteiger partial charge in [0, 0.05) is 19.6 Å². The van der Waals surface area contributed by atoms with Crippen LogP contribution in [-0.2, 0) is 16.4 Å². The Morgan fingerprint density at radius 2 is 1.88 bits per heavy atom. The number of carbonyl (C=O) groups is 1. The SMILES string of the molecule is COc1ccc(S(=O)(=O)NCCCc2cccc(OC(C)C)c2)cc1C(=O)N1CCCC1. The second-order valence-electron chi connectivity index (χ2n) is 8.18. The van der Waals surface area contributed by atoms with Gasteiger partial charge in [-0.25, -0.2) is 13.1 Å². The Kier molecular flexibility index (Phi) is 8.15. The number of sulfonamides is 1. The summed E-state index contributed by atoms with van der Waals surface area (Å²) < 4.78 is 39.3. The lowest BCUT2D eigenvalue weighted by molar-refractivity contribution is 0.0789. The Bertz CT molecular complexity index is 1030. The van der Waals surface area contributed by atoms with Gasteiger partial charge in [-0.2, -0.15) is 0 Å². The molecule has 1 amide bonds. The van der Waals surface area contributed by atoms with Crippen LogP contribution in [0.5, 0.6) is 11.5 Å². The summed E-state index contributed by atoms with van der Waals surface area (Å²) >= 11 is 0. The average molecular weight is 461 g/mol. The maximum Gasteiger partial charge on any atom is 0.257 e. The molecule has 0 unspecified atom stereocenters. The van der Waals surface area contributed by atoms with Gasteiger partial charge < -0.3 is 14.4 Å². The lowest BCUT2D eigenvalue weighted by atomic mass is 10.1. The third-order valence-electron chi connectivity index (χ3n) is 5.31. The highest BCUT2D eigenvalue weighted by atomic mass is 32.2. The number of methoxy groups -OCH3 is 1. The minimum atomic E-state index is -3.74. The second-order valence-corrected chi connectivity index (χ2v) is 9.94. The zero-order chi connectivity index (χ0) is 23.1. The Labute approximate surface area is 190 Å². The number of ether oxygens (including phenoxy) is 2. The molecule has 3 rings (SSSR count). The van der Waals surface area contributed by atoms with E-state index in [9.17, 15) is 13.2 Å². The second kappa shape index (κ2) is 10.8. The molecular weight excluding hydrogens is 428 g/mol. The highest BCUT2D eigenvalue weighted by Gasteiger charge is 2.25. The van der Waals surface area contributed by atoms with E-state index < -0.39 is 10.0 Å². The molecule has 1 N–H and O–H groups in total. The Morgan fingerprint density at radius 3 is 2.56 bits per heavy atom. The zero-order valence-electron chi connectivity index (χ0n) is 19.0. The van der Waals surface area contributed by atoms with Crippen LogP contribution in [0.4, 0.5) is 0 Å². The smallest absolute Gasteiger partial charge is 0.257 e. The van der Waals surface area contributed by atoms with E-state index >= 15 is 0 Å². The number of hydrogen-bond acceptors (Lipinski definition) is 5. The van der Waals surface area contributed by atoms with Crippen LogP contribution in [0.2, 0.25) is 0 Å². The summed E-state index contributed by atoms with van der Waals surface area (Å²) in [7, 11) is -2.27. The van der Waals surface area contributed by atoms with Gasteiger partial charge in [0.2, 0.25) is 10.0 Å². The van der Waals surface area contributed by atoms with Gasteiger partial charge in [-0.3, -0.25) is 4.79 Å². The Balaban J connectivity index is 1.62. The van der Waals surface area contributed by atoms with Crippen molar-refractivity contribution in [3.8, 4) is 11.5 Å². The third-order valence-corrected chi connectivity index (χ3v) is 6.77. The number of hydrogen-bond donors (Lipinski definition) is 1. The Hall–Kier alpha value is -2.58. The van der Waals surface area contributed by atoms with E-state index in [1.54, 1.807) is 4.90 Å². The number of nitrogens with zero attached hydrogens (tertiary/aromatic N) is 1. The van der Waals surface area contributed by atoms with Crippen LogP contribution >= 0.6 is 0 Å². The molecular formula is C24H32N2O5S. The fourth-order valence-electron chi connectivity index (χ4n) is 3.74. The molecule has 7 nitrogen and oxygen atoms in total. The topological polar surface area (TPSA) is 84.9 Å². The monoisotopic (exact) mass is 460 g/mol. The minimum absolute atomic E-state index is 0.0631. The molecule has 0 atom stereocenters. The first-order chi connectivity index (χ1) is 15.3. The first kappa shape index (κ1) is 24.1. The zero-order valence-corrected chi connectivity index (χ0v) is 19.8. The summed E-state index contributed by atoms with van der Waals surface area (Å²) in [5, 5.41) is 0. The van der Waals surface area contributed by atoms with E-state index in [1.807, 2.05) is 38.1 Å². The van der Waals surface area contributed by atoms with E-state index in [0.717, 1.165) is 30.6 Å². The van der Waals surface area contributed by atoms with Crippen molar-refractivity contribution in [3.05, 3.63) is 53.6 Å². The van der Waals surface area contributed by atoms with Crippen molar-refractivity contribution in [2.45, 2.75) is 50.5 Å².